The van der Waals surface area contributed by atoms with Crippen LogP contribution in [0, 0.1) is 6.92 Å². The molecule has 34 heavy (non-hydrogen) atoms. The molecule has 0 radical (unpaired) electrons. The zero-order valence-corrected chi connectivity index (χ0v) is 20.1. The number of nitrogens with zero attached hydrogens (tertiary/aromatic N) is 3. The largest absolute Gasteiger partial charge is 0.348 e. The van der Waals surface area contributed by atoms with Crippen molar-refractivity contribution >= 4 is 38.4 Å². The van der Waals surface area contributed by atoms with Crippen LogP contribution in [0.25, 0.3) is 22.3 Å². The molecule has 0 bridgehead atoms. The first-order valence-electron chi connectivity index (χ1n) is 11.0. The number of benzene rings is 2. The highest BCUT2D eigenvalue weighted by Gasteiger charge is 2.32. The molecule has 1 aliphatic rings. The highest BCUT2D eigenvalue weighted by molar-refractivity contribution is 7.91. The summed E-state index contributed by atoms with van der Waals surface area (Å²) < 4.78 is 26.0. The van der Waals surface area contributed by atoms with Gasteiger partial charge in [0.25, 0.3) is 5.91 Å². The van der Waals surface area contributed by atoms with Crippen LogP contribution in [0.2, 0.25) is 5.02 Å². The SMILES string of the molecule is Cc1nn(C2CCS(=O)(=O)C2)c2nc(-c3ccccc3)cc(C(=O)NCc3ccccc3Cl)c12. The molecule has 1 amide bonds. The van der Waals surface area contributed by atoms with E-state index in [0.717, 1.165) is 11.1 Å². The second-order valence-corrected chi connectivity index (χ2v) is 11.1. The Labute approximate surface area is 202 Å². The third kappa shape index (κ3) is 4.31. The Kier molecular flexibility index (Phi) is 5.87. The van der Waals surface area contributed by atoms with Crippen molar-refractivity contribution in [2.45, 2.75) is 25.9 Å². The topological polar surface area (TPSA) is 93.9 Å². The second kappa shape index (κ2) is 8.85. The molecule has 0 aliphatic carbocycles. The maximum Gasteiger partial charge on any atom is 0.252 e. The van der Waals surface area contributed by atoms with E-state index in [1.807, 2.05) is 55.5 Å². The van der Waals surface area contributed by atoms with Gasteiger partial charge in [0, 0.05) is 17.1 Å². The van der Waals surface area contributed by atoms with Gasteiger partial charge in [0.05, 0.1) is 39.9 Å². The Bertz CT molecular complexity index is 1500. The molecule has 9 heteroatoms. The van der Waals surface area contributed by atoms with Crippen LogP contribution in [0.4, 0.5) is 0 Å². The van der Waals surface area contributed by atoms with Crippen LogP contribution in [0.15, 0.2) is 60.7 Å². The summed E-state index contributed by atoms with van der Waals surface area (Å²) in [7, 11) is -3.12. The smallest absolute Gasteiger partial charge is 0.252 e. The predicted molar refractivity (Wildman–Crippen MR) is 133 cm³/mol. The van der Waals surface area contributed by atoms with Crippen molar-refractivity contribution in [1.29, 1.82) is 0 Å². The average Bonchev–Trinajstić information content (AvgIpc) is 3.37. The number of carbonyl (C=O) groups is 1. The van der Waals surface area contributed by atoms with E-state index in [4.69, 9.17) is 16.6 Å². The Morgan fingerprint density at radius 2 is 1.88 bits per heavy atom. The molecule has 1 unspecified atom stereocenters. The summed E-state index contributed by atoms with van der Waals surface area (Å²) in [5, 5.41) is 8.81. The Morgan fingerprint density at radius 1 is 1.15 bits per heavy atom. The summed E-state index contributed by atoms with van der Waals surface area (Å²) in [5.74, 6) is -0.123. The molecule has 2 aromatic carbocycles. The zero-order valence-electron chi connectivity index (χ0n) is 18.5. The average molecular weight is 495 g/mol. The molecule has 0 spiro atoms. The molecule has 1 fully saturated rings. The highest BCUT2D eigenvalue weighted by Crippen LogP contribution is 2.32. The number of pyridine rings is 1. The molecule has 7 nitrogen and oxygen atoms in total. The van der Waals surface area contributed by atoms with Crippen molar-refractivity contribution in [3.05, 3.63) is 82.5 Å². The minimum atomic E-state index is -3.12. The first-order chi connectivity index (χ1) is 16.3. The fourth-order valence-electron chi connectivity index (χ4n) is 4.38. The van der Waals surface area contributed by atoms with Gasteiger partial charge < -0.3 is 5.32 Å². The predicted octanol–water partition coefficient (Wildman–Crippen LogP) is 4.35. The van der Waals surface area contributed by atoms with Gasteiger partial charge >= 0.3 is 0 Å². The lowest BCUT2D eigenvalue weighted by molar-refractivity contribution is 0.0952. The monoisotopic (exact) mass is 494 g/mol. The number of nitrogens with one attached hydrogen (secondary N) is 1. The number of amides is 1. The minimum Gasteiger partial charge on any atom is -0.348 e. The van der Waals surface area contributed by atoms with Crippen LogP contribution >= 0.6 is 11.6 Å². The fourth-order valence-corrected chi connectivity index (χ4v) is 6.28. The van der Waals surface area contributed by atoms with Crippen LogP contribution in [0.3, 0.4) is 0 Å². The fraction of sp³-hybridized carbons (Fsp3) is 0.240. The van der Waals surface area contributed by atoms with Crippen molar-refractivity contribution in [3.8, 4) is 11.3 Å². The molecular weight excluding hydrogens is 472 g/mol. The Balaban J connectivity index is 1.61. The molecule has 1 atom stereocenters. The Morgan fingerprint density at radius 3 is 2.59 bits per heavy atom. The number of halogens is 1. The van der Waals surface area contributed by atoms with Gasteiger partial charge in [-0.1, -0.05) is 60.1 Å². The van der Waals surface area contributed by atoms with Gasteiger partial charge in [-0.3, -0.25) is 4.79 Å². The van der Waals surface area contributed by atoms with Crippen molar-refractivity contribution in [2.24, 2.45) is 0 Å². The van der Waals surface area contributed by atoms with Crippen molar-refractivity contribution < 1.29 is 13.2 Å². The van der Waals surface area contributed by atoms with Gasteiger partial charge in [0.1, 0.15) is 0 Å². The number of fused-ring (bicyclic) bond motifs is 1. The van der Waals surface area contributed by atoms with Crippen LogP contribution in [0.5, 0.6) is 0 Å². The van der Waals surface area contributed by atoms with Gasteiger partial charge in [-0.2, -0.15) is 5.10 Å². The van der Waals surface area contributed by atoms with Crippen molar-refractivity contribution in [2.75, 3.05) is 11.5 Å². The summed E-state index contributed by atoms with van der Waals surface area (Å²) in [4.78, 5) is 18.2. The van der Waals surface area contributed by atoms with E-state index in [2.05, 4.69) is 10.4 Å². The van der Waals surface area contributed by atoms with Gasteiger partial charge in [-0.25, -0.2) is 18.1 Å². The minimum absolute atomic E-state index is 0.0223. The molecule has 3 heterocycles. The molecule has 2 aromatic heterocycles. The third-order valence-electron chi connectivity index (χ3n) is 6.10. The summed E-state index contributed by atoms with van der Waals surface area (Å²) in [6.07, 6.45) is 0.476. The molecule has 4 aromatic rings. The molecular formula is C25H23ClN4O3S. The van der Waals surface area contributed by atoms with E-state index >= 15 is 0 Å². The van der Waals surface area contributed by atoms with Gasteiger partial charge in [-0.05, 0) is 31.0 Å². The number of carbonyl (C=O) groups excluding carboxylic acids is 1. The van der Waals surface area contributed by atoms with E-state index in [1.165, 1.54) is 0 Å². The highest BCUT2D eigenvalue weighted by atomic mass is 35.5. The van der Waals surface area contributed by atoms with Gasteiger partial charge in [-0.15, -0.1) is 0 Å². The van der Waals surface area contributed by atoms with Crippen LogP contribution in [-0.4, -0.2) is 40.6 Å². The van der Waals surface area contributed by atoms with Crippen LogP contribution in [0.1, 0.15) is 34.1 Å². The number of aromatic nitrogens is 3. The molecule has 5 rings (SSSR count). The molecule has 1 N–H and O–H groups in total. The second-order valence-electron chi connectivity index (χ2n) is 8.48. The Hall–Kier alpha value is -3.23. The van der Waals surface area contributed by atoms with Crippen LogP contribution < -0.4 is 5.32 Å². The molecule has 0 saturated carbocycles. The number of hydrogen-bond donors (Lipinski definition) is 1. The lowest BCUT2D eigenvalue weighted by Gasteiger charge is -2.13. The van der Waals surface area contributed by atoms with Gasteiger partial charge in [0.15, 0.2) is 15.5 Å². The van der Waals surface area contributed by atoms with E-state index in [0.29, 0.717) is 39.4 Å². The first kappa shape index (κ1) is 22.6. The molecule has 1 aliphatic heterocycles. The lowest BCUT2D eigenvalue weighted by atomic mass is 10.0. The summed E-state index contributed by atoms with van der Waals surface area (Å²) in [5.41, 5.74) is 3.89. The number of hydrogen-bond acceptors (Lipinski definition) is 5. The maximum absolute atomic E-state index is 13.4. The van der Waals surface area contributed by atoms with E-state index in [1.54, 1.807) is 16.8 Å². The van der Waals surface area contributed by atoms with E-state index in [-0.39, 0.29) is 30.0 Å². The summed E-state index contributed by atoms with van der Waals surface area (Å²) in [6.45, 7) is 2.09. The standard InChI is InChI=1S/C25H23ClN4O3S/c1-16-23-20(25(31)27-14-18-9-5-6-10-21(18)26)13-22(17-7-3-2-4-8-17)28-24(23)30(29-16)19-11-12-34(32,33)15-19/h2-10,13,19H,11-12,14-15H2,1H3,(H,27,31). The van der Waals surface area contributed by atoms with Crippen molar-refractivity contribution in [1.82, 2.24) is 20.1 Å². The van der Waals surface area contributed by atoms with E-state index < -0.39 is 9.84 Å². The molecule has 1 saturated heterocycles. The zero-order chi connectivity index (χ0) is 23.9. The maximum atomic E-state index is 13.4. The summed E-state index contributed by atoms with van der Waals surface area (Å²) in [6, 6.07) is 18.4. The first-order valence-corrected chi connectivity index (χ1v) is 13.2. The lowest BCUT2D eigenvalue weighted by Crippen LogP contribution is -2.23. The quantitative estimate of drug-likeness (QED) is 0.445. The van der Waals surface area contributed by atoms with E-state index in [9.17, 15) is 13.2 Å². The van der Waals surface area contributed by atoms with Gasteiger partial charge in [0.2, 0.25) is 0 Å². The number of aryl methyl sites for hydroxylation is 1. The normalized spacial score (nSPS) is 17.2. The third-order valence-corrected chi connectivity index (χ3v) is 8.22. The van der Waals surface area contributed by atoms with Crippen molar-refractivity contribution in [3.63, 3.8) is 0 Å². The summed E-state index contributed by atoms with van der Waals surface area (Å²) >= 11 is 6.25. The van der Waals surface area contributed by atoms with Crippen LogP contribution in [-0.2, 0) is 16.4 Å². The number of rotatable bonds is 5. The number of sulfone groups is 1. The molecule has 174 valence electrons.